The fourth-order valence-electron chi connectivity index (χ4n) is 4.42. The summed E-state index contributed by atoms with van der Waals surface area (Å²) in [4.78, 5) is 30.2. The second-order valence-electron chi connectivity index (χ2n) is 7.69. The third kappa shape index (κ3) is 2.52. The van der Waals surface area contributed by atoms with E-state index in [1.54, 1.807) is 0 Å². The number of piperidine rings is 1. The Kier molecular flexibility index (Phi) is 3.93. The van der Waals surface area contributed by atoms with Crippen LogP contribution in [-0.2, 0) is 0 Å². The normalized spacial score (nSPS) is 16.8. The van der Waals surface area contributed by atoms with Crippen LogP contribution in [0.25, 0.3) is 10.8 Å². The molecule has 2 aliphatic rings. The molecular formula is C24H22N2O2. The molecule has 0 bridgehead atoms. The van der Waals surface area contributed by atoms with Crippen LogP contribution >= 0.6 is 0 Å². The highest BCUT2D eigenvalue weighted by Gasteiger charge is 2.34. The Morgan fingerprint density at radius 2 is 1.43 bits per heavy atom. The molecule has 0 radical (unpaired) electrons. The summed E-state index contributed by atoms with van der Waals surface area (Å²) in [7, 11) is 0. The van der Waals surface area contributed by atoms with Crippen molar-refractivity contribution >= 4 is 34.0 Å². The van der Waals surface area contributed by atoms with Crippen molar-refractivity contribution in [2.45, 2.75) is 26.2 Å². The molecule has 0 spiro atoms. The standard InChI is InChI=1S/C24H22N2O2/c1-16-8-10-17(11-9-16)26-23(27)19-7-5-6-18-21(25-14-3-2-4-15-25)13-12-20(22(18)19)24(26)28/h5-13H,2-4,14-15H2,1H3. The van der Waals surface area contributed by atoms with E-state index >= 15 is 0 Å². The maximum absolute atomic E-state index is 13.3. The van der Waals surface area contributed by atoms with E-state index in [9.17, 15) is 9.59 Å². The van der Waals surface area contributed by atoms with Crippen molar-refractivity contribution in [1.29, 1.82) is 0 Å². The van der Waals surface area contributed by atoms with Crippen LogP contribution in [-0.4, -0.2) is 24.9 Å². The Bertz CT molecular complexity index is 1070. The molecule has 0 aliphatic carbocycles. The molecule has 0 saturated carbocycles. The van der Waals surface area contributed by atoms with E-state index in [1.807, 2.05) is 61.5 Å². The molecule has 4 nitrogen and oxygen atoms in total. The van der Waals surface area contributed by atoms with Gasteiger partial charge < -0.3 is 4.90 Å². The highest BCUT2D eigenvalue weighted by molar-refractivity contribution is 6.36. The van der Waals surface area contributed by atoms with Gasteiger partial charge in [-0.25, -0.2) is 4.90 Å². The number of carbonyl (C=O) groups excluding carboxylic acids is 2. The summed E-state index contributed by atoms with van der Waals surface area (Å²) in [6.45, 7) is 4.04. The second-order valence-corrected chi connectivity index (χ2v) is 7.69. The minimum absolute atomic E-state index is 0.247. The summed E-state index contributed by atoms with van der Waals surface area (Å²) in [5.74, 6) is -0.495. The van der Waals surface area contributed by atoms with Crippen molar-refractivity contribution in [3.8, 4) is 0 Å². The summed E-state index contributed by atoms with van der Waals surface area (Å²) in [6, 6.07) is 17.2. The molecule has 3 aromatic carbocycles. The van der Waals surface area contributed by atoms with Crippen LogP contribution in [0, 0.1) is 6.92 Å². The first-order valence-corrected chi connectivity index (χ1v) is 9.91. The number of amides is 2. The van der Waals surface area contributed by atoms with Crippen LogP contribution in [0.15, 0.2) is 54.6 Å². The van der Waals surface area contributed by atoms with Crippen LogP contribution in [0.4, 0.5) is 11.4 Å². The monoisotopic (exact) mass is 370 g/mol. The molecule has 5 rings (SSSR count). The zero-order valence-electron chi connectivity index (χ0n) is 15.9. The summed E-state index contributed by atoms with van der Waals surface area (Å²) in [5.41, 5.74) is 4.04. The van der Waals surface area contributed by atoms with E-state index in [-0.39, 0.29) is 11.8 Å². The van der Waals surface area contributed by atoms with Gasteiger partial charge in [-0.2, -0.15) is 0 Å². The predicted octanol–water partition coefficient (Wildman–Crippen LogP) is 4.94. The van der Waals surface area contributed by atoms with Crippen molar-refractivity contribution in [3.05, 3.63) is 71.3 Å². The number of imide groups is 1. The first-order chi connectivity index (χ1) is 13.6. The SMILES string of the molecule is Cc1ccc(N2C(=O)c3cccc4c(N5CCCCC5)ccc(c34)C2=O)cc1. The van der Waals surface area contributed by atoms with Crippen molar-refractivity contribution in [2.75, 3.05) is 22.9 Å². The lowest BCUT2D eigenvalue weighted by Crippen LogP contribution is -2.40. The van der Waals surface area contributed by atoms with E-state index in [0.717, 1.165) is 35.1 Å². The Morgan fingerprint density at radius 3 is 2.14 bits per heavy atom. The molecule has 2 amide bonds. The molecule has 1 fully saturated rings. The molecule has 0 unspecified atom stereocenters. The molecule has 4 heteroatoms. The second kappa shape index (κ2) is 6.48. The Hall–Kier alpha value is -3.14. The van der Waals surface area contributed by atoms with Gasteiger partial charge in [0.05, 0.1) is 5.69 Å². The topological polar surface area (TPSA) is 40.6 Å². The van der Waals surface area contributed by atoms with Crippen LogP contribution in [0.2, 0.25) is 0 Å². The lowest BCUT2D eigenvalue weighted by Gasteiger charge is -2.32. The molecule has 3 aromatic rings. The summed E-state index contributed by atoms with van der Waals surface area (Å²) in [5, 5.41) is 1.80. The van der Waals surface area contributed by atoms with Gasteiger partial charge in [0, 0.05) is 40.7 Å². The molecule has 0 N–H and O–H groups in total. The van der Waals surface area contributed by atoms with Crippen LogP contribution in [0.3, 0.4) is 0 Å². The van der Waals surface area contributed by atoms with E-state index < -0.39 is 0 Å². The molecule has 140 valence electrons. The van der Waals surface area contributed by atoms with Gasteiger partial charge in [-0.1, -0.05) is 29.8 Å². The number of benzene rings is 3. The summed E-state index contributed by atoms with van der Waals surface area (Å²) < 4.78 is 0. The fraction of sp³-hybridized carbons (Fsp3) is 0.250. The number of hydrogen-bond acceptors (Lipinski definition) is 3. The lowest BCUT2D eigenvalue weighted by molar-refractivity contribution is 0.0893. The molecule has 28 heavy (non-hydrogen) atoms. The van der Waals surface area contributed by atoms with Crippen LogP contribution < -0.4 is 9.80 Å². The third-order valence-electron chi connectivity index (χ3n) is 5.87. The lowest BCUT2D eigenvalue weighted by atomic mass is 9.92. The Balaban J connectivity index is 1.68. The highest BCUT2D eigenvalue weighted by atomic mass is 16.2. The van der Waals surface area contributed by atoms with Gasteiger partial charge in [0.1, 0.15) is 0 Å². The third-order valence-corrected chi connectivity index (χ3v) is 5.87. The van der Waals surface area contributed by atoms with E-state index in [2.05, 4.69) is 4.90 Å². The smallest absolute Gasteiger partial charge is 0.265 e. The highest BCUT2D eigenvalue weighted by Crippen LogP contribution is 2.38. The van der Waals surface area contributed by atoms with Gasteiger partial charge in [-0.15, -0.1) is 0 Å². The van der Waals surface area contributed by atoms with Crippen LogP contribution in [0.1, 0.15) is 45.5 Å². The van der Waals surface area contributed by atoms with Gasteiger partial charge in [-0.3, -0.25) is 9.59 Å². The summed E-state index contributed by atoms with van der Waals surface area (Å²) in [6.07, 6.45) is 3.63. The van der Waals surface area contributed by atoms with E-state index in [0.29, 0.717) is 16.8 Å². The number of carbonyl (C=O) groups is 2. The zero-order chi connectivity index (χ0) is 19.3. The largest absolute Gasteiger partial charge is 0.371 e. The molecule has 2 heterocycles. The quantitative estimate of drug-likeness (QED) is 0.600. The van der Waals surface area contributed by atoms with E-state index in [1.165, 1.54) is 24.2 Å². The molecule has 0 atom stereocenters. The number of hydrogen-bond donors (Lipinski definition) is 0. The number of anilines is 2. The molecule has 2 aliphatic heterocycles. The van der Waals surface area contributed by atoms with Crippen molar-refractivity contribution in [1.82, 2.24) is 0 Å². The van der Waals surface area contributed by atoms with E-state index in [4.69, 9.17) is 0 Å². The number of rotatable bonds is 2. The number of aryl methyl sites for hydroxylation is 1. The van der Waals surface area contributed by atoms with Crippen molar-refractivity contribution in [3.63, 3.8) is 0 Å². The van der Waals surface area contributed by atoms with Gasteiger partial charge in [-0.05, 0) is 56.5 Å². The van der Waals surface area contributed by atoms with Gasteiger partial charge in [0.15, 0.2) is 0 Å². The van der Waals surface area contributed by atoms with Crippen molar-refractivity contribution in [2.24, 2.45) is 0 Å². The summed E-state index contributed by atoms with van der Waals surface area (Å²) >= 11 is 0. The van der Waals surface area contributed by atoms with Gasteiger partial charge >= 0.3 is 0 Å². The fourth-order valence-corrected chi connectivity index (χ4v) is 4.42. The Morgan fingerprint density at radius 1 is 0.750 bits per heavy atom. The van der Waals surface area contributed by atoms with Gasteiger partial charge in [0.25, 0.3) is 11.8 Å². The first kappa shape index (κ1) is 17.0. The molecule has 1 saturated heterocycles. The predicted molar refractivity (Wildman–Crippen MR) is 112 cm³/mol. The van der Waals surface area contributed by atoms with Crippen LogP contribution in [0.5, 0.6) is 0 Å². The molecule has 0 aromatic heterocycles. The minimum Gasteiger partial charge on any atom is -0.371 e. The minimum atomic E-state index is -0.247. The first-order valence-electron chi connectivity index (χ1n) is 9.91. The average Bonchev–Trinajstić information content (AvgIpc) is 2.73. The maximum Gasteiger partial charge on any atom is 0.265 e. The molecular weight excluding hydrogens is 348 g/mol. The number of nitrogens with zero attached hydrogens (tertiary/aromatic N) is 2. The maximum atomic E-state index is 13.3. The van der Waals surface area contributed by atoms with Gasteiger partial charge in [0.2, 0.25) is 0 Å². The Labute approximate surface area is 164 Å². The van der Waals surface area contributed by atoms with Crippen molar-refractivity contribution < 1.29 is 9.59 Å². The average molecular weight is 370 g/mol. The zero-order valence-corrected chi connectivity index (χ0v) is 15.9.